The first kappa shape index (κ1) is 13.0. The molecule has 0 aliphatic carbocycles. The van der Waals surface area contributed by atoms with E-state index in [0.717, 1.165) is 13.1 Å². The lowest BCUT2D eigenvalue weighted by Crippen LogP contribution is -2.56. The monoisotopic (exact) mass is 304 g/mol. The van der Waals surface area contributed by atoms with Crippen LogP contribution in [0.3, 0.4) is 0 Å². The normalized spacial score (nSPS) is 22.4. The molecule has 1 spiro atoms. The summed E-state index contributed by atoms with van der Waals surface area (Å²) in [5.41, 5.74) is 3.57. The fraction of sp³-hybridized carbons (Fsp3) is 0.500. The molecule has 2 nitrogen and oxygen atoms in total. The highest BCUT2D eigenvalue weighted by Gasteiger charge is 2.47. The largest absolute Gasteiger partial charge is 0.298 e. The zero-order valence-electron chi connectivity index (χ0n) is 11.6. The minimum absolute atomic E-state index is 0.603. The molecule has 0 aromatic carbocycles. The molecule has 0 radical (unpaired) electrons. The van der Waals surface area contributed by atoms with Crippen molar-refractivity contribution >= 4 is 22.7 Å². The van der Waals surface area contributed by atoms with Crippen molar-refractivity contribution in [2.75, 3.05) is 26.2 Å². The summed E-state index contributed by atoms with van der Waals surface area (Å²) in [6.07, 6.45) is 1.39. The van der Waals surface area contributed by atoms with Crippen LogP contribution < -0.4 is 0 Å². The molecule has 2 aromatic heterocycles. The van der Waals surface area contributed by atoms with Crippen LogP contribution in [-0.4, -0.2) is 36.0 Å². The van der Waals surface area contributed by atoms with Crippen molar-refractivity contribution in [3.05, 3.63) is 44.8 Å². The second-order valence-corrected chi connectivity index (χ2v) is 7.93. The Morgan fingerprint density at radius 2 is 1.50 bits per heavy atom. The number of hydrogen-bond acceptors (Lipinski definition) is 4. The molecule has 20 heavy (non-hydrogen) atoms. The highest BCUT2D eigenvalue weighted by molar-refractivity contribution is 7.08. The van der Waals surface area contributed by atoms with E-state index in [2.05, 4.69) is 43.5 Å². The van der Waals surface area contributed by atoms with Crippen LogP contribution in [0.25, 0.3) is 0 Å². The molecular weight excluding hydrogens is 284 g/mol. The highest BCUT2D eigenvalue weighted by Crippen LogP contribution is 2.40. The van der Waals surface area contributed by atoms with Gasteiger partial charge in [0.1, 0.15) is 0 Å². The van der Waals surface area contributed by atoms with Crippen LogP contribution in [0.15, 0.2) is 33.7 Å². The zero-order chi connectivity index (χ0) is 13.4. The summed E-state index contributed by atoms with van der Waals surface area (Å²) in [7, 11) is 0. The number of hydrogen-bond donors (Lipinski definition) is 0. The molecule has 0 atom stereocenters. The molecule has 0 saturated carbocycles. The lowest BCUT2D eigenvalue weighted by Gasteiger charge is -2.48. The molecular formula is C16H20N2S2. The van der Waals surface area contributed by atoms with Gasteiger partial charge < -0.3 is 0 Å². The van der Waals surface area contributed by atoms with Gasteiger partial charge in [0.2, 0.25) is 0 Å². The standard InChI is InChI=1S/C16H20N2S2/c1-5-19-9-14(1)7-17-4-3-16(11-17)12-18(13-16)8-15-2-6-20-10-15/h1-2,5-6,9-10H,3-4,7-8,11-13H2. The Morgan fingerprint density at radius 1 is 0.900 bits per heavy atom. The Labute approximate surface area is 128 Å². The molecule has 0 unspecified atom stereocenters. The topological polar surface area (TPSA) is 6.48 Å². The van der Waals surface area contributed by atoms with Gasteiger partial charge in [0.15, 0.2) is 0 Å². The van der Waals surface area contributed by atoms with Crippen molar-refractivity contribution in [1.29, 1.82) is 0 Å². The average molecular weight is 304 g/mol. The maximum Gasteiger partial charge on any atom is 0.0242 e. The highest BCUT2D eigenvalue weighted by atomic mass is 32.1. The molecule has 4 rings (SSSR count). The fourth-order valence-corrected chi connectivity index (χ4v) is 5.04. The molecule has 2 aliphatic heterocycles. The van der Waals surface area contributed by atoms with Gasteiger partial charge in [0.05, 0.1) is 0 Å². The molecule has 0 amide bonds. The van der Waals surface area contributed by atoms with Crippen molar-refractivity contribution in [2.45, 2.75) is 19.5 Å². The molecule has 2 aromatic rings. The Morgan fingerprint density at radius 3 is 2.10 bits per heavy atom. The summed E-state index contributed by atoms with van der Waals surface area (Å²) in [6, 6.07) is 4.52. The van der Waals surface area contributed by atoms with Gasteiger partial charge in [-0.1, -0.05) is 0 Å². The van der Waals surface area contributed by atoms with Crippen LogP contribution in [0.2, 0.25) is 0 Å². The summed E-state index contributed by atoms with van der Waals surface area (Å²) in [5, 5.41) is 8.94. The van der Waals surface area contributed by atoms with E-state index in [0.29, 0.717) is 5.41 Å². The second kappa shape index (κ2) is 5.26. The molecule has 0 N–H and O–H groups in total. The third-order valence-corrected chi connectivity index (χ3v) is 6.07. The van der Waals surface area contributed by atoms with E-state index >= 15 is 0 Å². The van der Waals surface area contributed by atoms with Gasteiger partial charge in [0, 0.05) is 38.1 Å². The van der Waals surface area contributed by atoms with E-state index in [9.17, 15) is 0 Å². The number of rotatable bonds is 4. The van der Waals surface area contributed by atoms with E-state index in [1.54, 1.807) is 0 Å². The van der Waals surface area contributed by atoms with Crippen molar-refractivity contribution in [2.24, 2.45) is 5.41 Å². The molecule has 4 heterocycles. The fourth-order valence-electron chi connectivity index (χ4n) is 3.72. The maximum atomic E-state index is 2.64. The third-order valence-electron chi connectivity index (χ3n) is 4.61. The van der Waals surface area contributed by atoms with Crippen LogP contribution in [0.5, 0.6) is 0 Å². The third kappa shape index (κ3) is 2.58. The van der Waals surface area contributed by atoms with E-state index < -0.39 is 0 Å². The van der Waals surface area contributed by atoms with Crippen LogP contribution >= 0.6 is 22.7 Å². The molecule has 106 valence electrons. The number of thiophene rings is 2. The predicted molar refractivity (Wildman–Crippen MR) is 86.2 cm³/mol. The van der Waals surface area contributed by atoms with Crippen LogP contribution in [0.4, 0.5) is 0 Å². The molecule has 2 aliphatic rings. The Hall–Kier alpha value is -0.680. The average Bonchev–Trinajstić information content (AvgIpc) is 3.11. The lowest BCUT2D eigenvalue weighted by atomic mass is 9.79. The first-order valence-corrected chi connectivity index (χ1v) is 9.17. The van der Waals surface area contributed by atoms with E-state index in [1.165, 1.54) is 43.7 Å². The summed E-state index contributed by atoms with van der Waals surface area (Å²) in [5.74, 6) is 0. The molecule has 2 fully saturated rings. The van der Waals surface area contributed by atoms with Crippen LogP contribution in [0.1, 0.15) is 17.5 Å². The minimum Gasteiger partial charge on any atom is -0.298 e. The SMILES string of the molecule is c1cc(CN2CCC3(C2)CN(Cc2ccsc2)C3)cs1. The Kier molecular flexibility index (Phi) is 3.42. The zero-order valence-corrected chi connectivity index (χ0v) is 13.3. The van der Waals surface area contributed by atoms with Gasteiger partial charge in [0.25, 0.3) is 0 Å². The lowest BCUT2D eigenvalue weighted by molar-refractivity contribution is 0.00170. The van der Waals surface area contributed by atoms with Crippen LogP contribution in [0, 0.1) is 5.41 Å². The van der Waals surface area contributed by atoms with E-state index in [1.807, 2.05) is 22.7 Å². The maximum absolute atomic E-state index is 2.64. The number of nitrogens with zero attached hydrogens (tertiary/aromatic N) is 2. The summed E-state index contributed by atoms with van der Waals surface area (Å²) in [4.78, 5) is 5.25. The van der Waals surface area contributed by atoms with Gasteiger partial charge in [-0.05, 0) is 57.7 Å². The van der Waals surface area contributed by atoms with E-state index in [-0.39, 0.29) is 0 Å². The quantitative estimate of drug-likeness (QED) is 0.853. The molecule has 2 saturated heterocycles. The smallest absolute Gasteiger partial charge is 0.0242 e. The minimum atomic E-state index is 0.603. The number of likely N-dealkylation sites (tertiary alicyclic amines) is 2. The summed E-state index contributed by atoms with van der Waals surface area (Å²) < 4.78 is 0. The second-order valence-electron chi connectivity index (χ2n) is 6.37. The Balaban J connectivity index is 1.29. The predicted octanol–water partition coefficient (Wildman–Crippen LogP) is 3.52. The molecule has 4 heteroatoms. The Bertz CT molecular complexity index is 541. The summed E-state index contributed by atoms with van der Waals surface area (Å²) >= 11 is 3.62. The first-order valence-electron chi connectivity index (χ1n) is 7.28. The van der Waals surface area contributed by atoms with Crippen molar-refractivity contribution in [1.82, 2.24) is 9.80 Å². The summed E-state index contributed by atoms with van der Waals surface area (Å²) in [6.45, 7) is 7.46. The van der Waals surface area contributed by atoms with Crippen molar-refractivity contribution < 1.29 is 0 Å². The van der Waals surface area contributed by atoms with Gasteiger partial charge in [-0.2, -0.15) is 22.7 Å². The van der Waals surface area contributed by atoms with Gasteiger partial charge in [-0.15, -0.1) is 0 Å². The van der Waals surface area contributed by atoms with E-state index in [4.69, 9.17) is 0 Å². The molecule has 0 bridgehead atoms. The van der Waals surface area contributed by atoms with Gasteiger partial charge >= 0.3 is 0 Å². The van der Waals surface area contributed by atoms with Gasteiger partial charge in [-0.25, -0.2) is 0 Å². The van der Waals surface area contributed by atoms with Crippen molar-refractivity contribution in [3.8, 4) is 0 Å². The first-order chi connectivity index (χ1) is 9.81. The van der Waals surface area contributed by atoms with Gasteiger partial charge in [-0.3, -0.25) is 9.80 Å². The van der Waals surface area contributed by atoms with Crippen LogP contribution in [-0.2, 0) is 13.1 Å². The van der Waals surface area contributed by atoms with Crippen molar-refractivity contribution in [3.63, 3.8) is 0 Å².